The Balaban J connectivity index is 1.50. The number of fused-ring (bicyclic) bond motifs is 4. The van der Waals surface area contributed by atoms with Crippen molar-refractivity contribution in [3.63, 3.8) is 0 Å². The van der Waals surface area contributed by atoms with Gasteiger partial charge in [0.15, 0.2) is 0 Å². The second kappa shape index (κ2) is 7.45. The molecule has 0 bridgehead atoms. The summed E-state index contributed by atoms with van der Waals surface area (Å²) in [7, 11) is 0. The van der Waals surface area contributed by atoms with Crippen LogP contribution in [-0.4, -0.2) is 20.2 Å². The van der Waals surface area contributed by atoms with E-state index >= 15 is 0 Å². The van der Waals surface area contributed by atoms with Gasteiger partial charge < -0.3 is 0 Å². The van der Waals surface area contributed by atoms with Crippen LogP contribution in [0.1, 0.15) is 23.3 Å². The fourth-order valence-corrected chi connectivity index (χ4v) is 6.46. The average Bonchev–Trinajstić information content (AvgIpc) is 3.19. The number of aromatic nitrogens is 4. The Hall–Kier alpha value is -2.83. The summed E-state index contributed by atoms with van der Waals surface area (Å²) in [5.74, 6) is 0. The molecule has 0 saturated carbocycles. The molecule has 0 N–H and O–H groups in total. The minimum atomic E-state index is 0.890. The van der Waals surface area contributed by atoms with Crippen LogP contribution < -0.4 is 0 Å². The quantitative estimate of drug-likeness (QED) is 0.315. The van der Waals surface area contributed by atoms with E-state index in [0.717, 1.165) is 49.8 Å². The topological polar surface area (TPSA) is 51.6 Å². The number of rotatable bonds is 3. The molecular weight excluding hydrogens is 408 g/mol. The second-order valence-corrected chi connectivity index (χ2v) is 9.50. The zero-order valence-electron chi connectivity index (χ0n) is 16.2. The third-order valence-corrected chi connectivity index (χ3v) is 7.81. The highest BCUT2D eigenvalue weighted by Gasteiger charge is 2.21. The van der Waals surface area contributed by atoms with Gasteiger partial charge in [0.25, 0.3) is 0 Å². The monoisotopic (exact) mass is 426 g/mol. The Bertz CT molecular complexity index is 1380. The summed E-state index contributed by atoms with van der Waals surface area (Å²) in [4.78, 5) is 11.8. The number of nitrogens with zero attached hydrogens (tertiary/aromatic N) is 4. The maximum Gasteiger partial charge on any atom is 0.133 e. The lowest BCUT2D eigenvalue weighted by Gasteiger charge is -2.12. The first-order valence-corrected chi connectivity index (χ1v) is 11.8. The van der Waals surface area contributed by atoms with Crippen LogP contribution in [0, 0.1) is 0 Å². The summed E-state index contributed by atoms with van der Waals surface area (Å²) in [5.41, 5.74) is 3.44. The van der Waals surface area contributed by atoms with Crippen molar-refractivity contribution in [2.24, 2.45) is 0 Å². The highest BCUT2D eigenvalue weighted by Crippen LogP contribution is 2.42. The Kier molecular flexibility index (Phi) is 4.47. The minimum Gasteiger partial charge on any atom is -0.229 e. The van der Waals surface area contributed by atoms with Crippen LogP contribution in [0.4, 0.5) is 0 Å². The summed E-state index contributed by atoms with van der Waals surface area (Å²) in [5, 5.41) is 14.6. The van der Waals surface area contributed by atoms with Crippen LogP contribution in [0.3, 0.4) is 0 Å². The maximum absolute atomic E-state index is 4.66. The SMILES string of the molecule is c1ccc(-c2nnc(Sc3ncnc4sc5c(c34)CCCC5)c3ccccc23)cc1. The summed E-state index contributed by atoms with van der Waals surface area (Å²) in [6.07, 6.45) is 6.48. The molecule has 30 heavy (non-hydrogen) atoms. The van der Waals surface area contributed by atoms with Crippen molar-refractivity contribution < 1.29 is 0 Å². The van der Waals surface area contributed by atoms with Gasteiger partial charge in [-0.1, -0.05) is 54.6 Å². The second-order valence-electron chi connectivity index (χ2n) is 7.44. The van der Waals surface area contributed by atoms with E-state index in [-0.39, 0.29) is 0 Å². The van der Waals surface area contributed by atoms with Crippen molar-refractivity contribution >= 4 is 44.1 Å². The molecule has 3 aromatic heterocycles. The molecule has 1 aliphatic rings. The summed E-state index contributed by atoms with van der Waals surface area (Å²) in [6.45, 7) is 0. The van der Waals surface area contributed by atoms with Gasteiger partial charge in [0.05, 0.1) is 0 Å². The molecule has 1 aliphatic carbocycles. The summed E-state index contributed by atoms with van der Waals surface area (Å²) in [6, 6.07) is 18.6. The Morgan fingerprint density at radius 2 is 1.57 bits per heavy atom. The molecule has 2 aromatic carbocycles. The zero-order chi connectivity index (χ0) is 19.9. The zero-order valence-corrected chi connectivity index (χ0v) is 17.8. The third kappa shape index (κ3) is 2.99. The highest BCUT2D eigenvalue weighted by atomic mass is 32.2. The normalized spacial score (nSPS) is 13.6. The number of hydrogen-bond donors (Lipinski definition) is 0. The Morgan fingerprint density at radius 1 is 0.767 bits per heavy atom. The molecule has 146 valence electrons. The van der Waals surface area contributed by atoms with Gasteiger partial charge in [-0.3, -0.25) is 0 Å². The van der Waals surface area contributed by atoms with Crippen molar-refractivity contribution in [3.8, 4) is 11.3 Å². The van der Waals surface area contributed by atoms with Crippen LogP contribution in [0.2, 0.25) is 0 Å². The van der Waals surface area contributed by atoms with Crippen LogP contribution in [0.5, 0.6) is 0 Å². The highest BCUT2D eigenvalue weighted by molar-refractivity contribution is 7.99. The molecule has 0 fully saturated rings. The standard InChI is InChI=1S/C24H18N4S2/c1-2-8-15(9-3-1)21-16-10-4-5-11-17(16)22(28-27-21)30-24-20-18-12-6-7-13-19(18)29-23(20)25-14-26-24/h1-5,8-11,14H,6-7,12-13H2. The van der Waals surface area contributed by atoms with E-state index in [1.807, 2.05) is 29.5 Å². The molecule has 0 spiro atoms. The lowest BCUT2D eigenvalue weighted by molar-refractivity contribution is 0.699. The van der Waals surface area contributed by atoms with Gasteiger partial charge in [-0.25, -0.2) is 9.97 Å². The molecule has 0 amide bonds. The fraction of sp³-hybridized carbons (Fsp3) is 0.167. The average molecular weight is 427 g/mol. The molecular formula is C24H18N4S2. The van der Waals surface area contributed by atoms with Crippen molar-refractivity contribution in [2.75, 3.05) is 0 Å². The lowest BCUT2D eigenvalue weighted by Crippen LogP contribution is -1.99. The van der Waals surface area contributed by atoms with E-state index < -0.39 is 0 Å². The van der Waals surface area contributed by atoms with Gasteiger partial charge >= 0.3 is 0 Å². The van der Waals surface area contributed by atoms with Gasteiger partial charge in [-0.15, -0.1) is 21.5 Å². The van der Waals surface area contributed by atoms with Crippen LogP contribution in [0.15, 0.2) is 71.0 Å². The van der Waals surface area contributed by atoms with Crippen molar-refractivity contribution in [1.82, 2.24) is 20.2 Å². The van der Waals surface area contributed by atoms with Crippen molar-refractivity contribution in [2.45, 2.75) is 35.7 Å². The molecule has 6 rings (SSSR count). The Morgan fingerprint density at radius 3 is 2.47 bits per heavy atom. The van der Waals surface area contributed by atoms with Crippen LogP contribution in [-0.2, 0) is 12.8 Å². The number of hydrogen-bond acceptors (Lipinski definition) is 6. The van der Waals surface area contributed by atoms with Gasteiger partial charge in [-0.2, -0.15) is 0 Å². The van der Waals surface area contributed by atoms with Crippen molar-refractivity contribution in [1.29, 1.82) is 0 Å². The van der Waals surface area contributed by atoms with Gasteiger partial charge in [-0.05, 0) is 43.0 Å². The molecule has 3 heterocycles. The summed E-state index contributed by atoms with van der Waals surface area (Å²) < 4.78 is 0. The largest absolute Gasteiger partial charge is 0.229 e. The minimum absolute atomic E-state index is 0.890. The first-order chi connectivity index (χ1) is 14.9. The predicted molar refractivity (Wildman–Crippen MR) is 123 cm³/mol. The lowest BCUT2D eigenvalue weighted by atomic mass is 9.97. The van der Waals surface area contributed by atoms with Gasteiger partial charge in [0.1, 0.15) is 26.9 Å². The number of aryl methyl sites for hydroxylation is 2. The van der Waals surface area contributed by atoms with E-state index in [4.69, 9.17) is 0 Å². The van der Waals surface area contributed by atoms with E-state index in [9.17, 15) is 0 Å². The summed E-state index contributed by atoms with van der Waals surface area (Å²) >= 11 is 3.44. The van der Waals surface area contributed by atoms with E-state index in [2.05, 4.69) is 56.6 Å². The van der Waals surface area contributed by atoms with Gasteiger partial charge in [0, 0.05) is 26.6 Å². The molecule has 0 radical (unpaired) electrons. The number of benzene rings is 2. The molecule has 6 heteroatoms. The Labute approximate surface area is 182 Å². The molecule has 0 saturated heterocycles. The van der Waals surface area contributed by atoms with Gasteiger partial charge in [0.2, 0.25) is 0 Å². The third-order valence-electron chi connectivity index (χ3n) is 5.61. The van der Waals surface area contributed by atoms with E-state index in [1.165, 1.54) is 28.7 Å². The molecule has 0 aliphatic heterocycles. The first kappa shape index (κ1) is 18.0. The predicted octanol–water partition coefficient (Wildman–Crippen LogP) is 6.33. The molecule has 4 nitrogen and oxygen atoms in total. The van der Waals surface area contributed by atoms with Crippen LogP contribution in [0.25, 0.3) is 32.2 Å². The number of thiophene rings is 1. The first-order valence-electron chi connectivity index (χ1n) is 10.1. The van der Waals surface area contributed by atoms with Crippen LogP contribution >= 0.6 is 23.1 Å². The van der Waals surface area contributed by atoms with E-state index in [0.29, 0.717) is 0 Å². The molecule has 5 aromatic rings. The molecule has 0 atom stereocenters. The van der Waals surface area contributed by atoms with Crippen molar-refractivity contribution in [3.05, 3.63) is 71.4 Å². The fourth-order valence-electron chi connectivity index (χ4n) is 4.19. The smallest absolute Gasteiger partial charge is 0.133 e. The maximum atomic E-state index is 4.66. The van der Waals surface area contributed by atoms with E-state index in [1.54, 1.807) is 18.1 Å². The molecule has 0 unspecified atom stereocenters.